The molecular formula is C29H37FN10O3. The third kappa shape index (κ3) is 8.23. The van der Waals surface area contributed by atoms with Crippen molar-refractivity contribution in [1.82, 2.24) is 25.3 Å². The third-order valence-electron chi connectivity index (χ3n) is 7.69. The molecule has 2 atom stereocenters. The number of unbranched alkanes of at least 4 members (excludes halogenated alkanes) is 3. The Kier molecular flexibility index (Phi) is 10.1. The van der Waals surface area contributed by atoms with Gasteiger partial charge in [0, 0.05) is 31.7 Å². The molecule has 13 nitrogen and oxygen atoms in total. The van der Waals surface area contributed by atoms with E-state index in [0.717, 1.165) is 37.7 Å². The SMILES string of the molecule is CC1CCCCC1Nc1nc(NCCCCCCNc2ccc([N+](=O)[O-])c3nonc23)nc(NCc2cccc(F)c2)n1. The highest BCUT2D eigenvalue weighted by atomic mass is 19.1. The van der Waals surface area contributed by atoms with Crippen LogP contribution in [0.3, 0.4) is 0 Å². The van der Waals surface area contributed by atoms with Crippen LogP contribution in [0.4, 0.5) is 33.6 Å². The van der Waals surface area contributed by atoms with Crippen molar-refractivity contribution >= 4 is 40.3 Å². The van der Waals surface area contributed by atoms with E-state index in [2.05, 4.69) is 53.5 Å². The van der Waals surface area contributed by atoms with E-state index in [-0.39, 0.29) is 17.0 Å². The van der Waals surface area contributed by atoms with Gasteiger partial charge in [0.25, 0.3) is 0 Å². The van der Waals surface area contributed by atoms with Gasteiger partial charge in [-0.05, 0) is 65.7 Å². The summed E-state index contributed by atoms with van der Waals surface area (Å²) < 4.78 is 18.3. The van der Waals surface area contributed by atoms with Gasteiger partial charge in [0.05, 0.1) is 10.6 Å². The summed E-state index contributed by atoms with van der Waals surface area (Å²) >= 11 is 0. The second-order valence-electron chi connectivity index (χ2n) is 10.9. The fourth-order valence-electron chi connectivity index (χ4n) is 5.29. The van der Waals surface area contributed by atoms with Crippen LogP contribution in [-0.2, 0) is 6.54 Å². The van der Waals surface area contributed by atoms with Gasteiger partial charge in [-0.2, -0.15) is 15.0 Å². The first-order chi connectivity index (χ1) is 21.0. The van der Waals surface area contributed by atoms with E-state index in [9.17, 15) is 14.5 Å². The maximum atomic E-state index is 13.6. The number of benzene rings is 2. The summed E-state index contributed by atoms with van der Waals surface area (Å²) in [6.45, 7) is 4.05. The molecule has 1 saturated carbocycles. The first-order valence-electron chi connectivity index (χ1n) is 14.8. The fraction of sp³-hybridized carbons (Fsp3) is 0.483. The molecule has 0 aliphatic heterocycles. The van der Waals surface area contributed by atoms with E-state index in [4.69, 9.17) is 4.63 Å². The number of hydrogen-bond donors (Lipinski definition) is 4. The van der Waals surface area contributed by atoms with Gasteiger partial charge in [-0.15, -0.1) is 0 Å². The standard InChI is InChI=1S/C29H37FN10O3/c1-19-9-4-5-12-22(19)34-29-36-27(35-28(37-29)33-18-20-10-8-11-21(30)17-20)32-16-7-3-2-6-15-31-23-13-14-24(40(41)42)26-25(23)38-43-39-26/h8,10-11,13-14,17,19,22,31H,2-7,9,12,15-16,18H2,1H3,(H3,32,33,34,35,36,37). The van der Waals surface area contributed by atoms with Crippen LogP contribution >= 0.6 is 0 Å². The molecule has 2 unspecified atom stereocenters. The molecule has 1 aliphatic rings. The summed E-state index contributed by atoms with van der Waals surface area (Å²) in [4.78, 5) is 24.4. The van der Waals surface area contributed by atoms with Crippen LogP contribution in [0.2, 0.25) is 0 Å². The average molecular weight is 593 g/mol. The largest absolute Gasteiger partial charge is 0.383 e. The molecule has 2 aromatic carbocycles. The molecule has 2 aromatic heterocycles. The molecule has 14 heteroatoms. The lowest BCUT2D eigenvalue weighted by Gasteiger charge is -2.29. The van der Waals surface area contributed by atoms with E-state index in [0.29, 0.717) is 60.6 Å². The Bertz CT molecular complexity index is 1520. The van der Waals surface area contributed by atoms with Crippen LogP contribution in [-0.4, -0.2) is 49.3 Å². The average Bonchev–Trinajstić information content (AvgIpc) is 3.49. The Morgan fingerprint density at radius 3 is 2.40 bits per heavy atom. The van der Waals surface area contributed by atoms with Gasteiger partial charge in [0.1, 0.15) is 5.82 Å². The molecule has 43 heavy (non-hydrogen) atoms. The van der Waals surface area contributed by atoms with Gasteiger partial charge in [-0.3, -0.25) is 10.1 Å². The first kappa shape index (κ1) is 29.9. The number of nitrogens with one attached hydrogen (secondary N) is 4. The quantitative estimate of drug-likeness (QED) is 0.0707. The molecule has 2 heterocycles. The highest BCUT2D eigenvalue weighted by Crippen LogP contribution is 2.29. The predicted octanol–water partition coefficient (Wildman–Crippen LogP) is 6.14. The summed E-state index contributed by atoms with van der Waals surface area (Å²) in [5.74, 6) is 1.72. The lowest BCUT2D eigenvalue weighted by Crippen LogP contribution is -2.31. The maximum Gasteiger partial charge on any atom is 0.300 e. The van der Waals surface area contributed by atoms with Crippen molar-refractivity contribution in [3.05, 3.63) is 57.9 Å². The van der Waals surface area contributed by atoms with E-state index in [1.807, 2.05) is 6.07 Å². The zero-order chi connectivity index (χ0) is 30.0. The number of fused-ring (bicyclic) bond motifs is 1. The highest BCUT2D eigenvalue weighted by molar-refractivity contribution is 5.93. The van der Waals surface area contributed by atoms with Crippen molar-refractivity contribution in [2.75, 3.05) is 34.4 Å². The highest BCUT2D eigenvalue weighted by Gasteiger charge is 2.22. The molecule has 0 radical (unpaired) electrons. The lowest BCUT2D eigenvalue weighted by atomic mass is 9.86. The van der Waals surface area contributed by atoms with Gasteiger partial charge in [-0.25, -0.2) is 9.02 Å². The van der Waals surface area contributed by atoms with Crippen molar-refractivity contribution in [3.8, 4) is 0 Å². The van der Waals surface area contributed by atoms with Crippen LogP contribution in [0.5, 0.6) is 0 Å². The molecule has 4 N–H and O–H groups in total. The molecule has 1 aliphatic carbocycles. The number of anilines is 4. The third-order valence-corrected chi connectivity index (χ3v) is 7.69. The van der Waals surface area contributed by atoms with Crippen molar-refractivity contribution in [1.29, 1.82) is 0 Å². The van der Waals surface area contributed by atoms with E-state index in [1.165, 1.54) is 37.5 Å². The number of halogens is 1. The Morgan fingerprint density at radius 1 is 0.907 bits per heavy atom. The van der Waals surface area contributed by atoms with E-state index < -0.39 is 4.92 Å². The minimum absolute atomic E-state index is 0.131. The number of aromatic nitrogens is 5. The second kappa shape index (κ2) is 14.5. The molecule has 1 fully saturated rings. The lowest BCUT2D eigenvalue weighted by molar-refractivity contribution is -0.383. The molecule has 0 amide bonds. The molecule has 4 aromatic rings. The van der Waals surface area contributed by atoms with Gasteiger partial charge >= 0.3 is 5.69 Å². The Labute approximate surface area is 248 Å². The Hall–Kier alpha value is -4.62. The summed E-state index contributed by atoms with van der Waals surface area (Å²) in [5.41, 5.74) is 1.82. The summed E-state index contributed by atoms with van der Waals surface area (Å²) in [5, 5.41) is 32.0. The summed E-state index contributed by atoms with van der Waals surface area (Å²) in [7, 11) is 0. The van der Waals surface area contributed by atoms with Crippen molar-refractivity contribution in [2.45, 2.75) is 70.9 Å². The fourth-order valence-corrected chi connectivity index (χ4v) is 5.29. The van der Waals surface area contributed by atoms with Crippen LogP contribution in [0, 0.1) is 21.8 Å². The number of nitrogens with zero attached hydrogens (tertiary/aromatic N) is 6. The number of rotatable bonds is 15. The van der Waals surface area contributed by atoms with Crippen molar-refractivity contribution in [2.24, 2.45) is 5.92 Å². The number of nitro benzene ring substituents is 1. The molecule has 228 valence electrons. The Morgan fingerprint density at radius 2 is 1.63 bits per heavy atom. The number of non-ortho nitro benzene ring substituents is 1. The van der Waals surface area contributed by atoms with Gasteiger partial charge in [-0.1, -0.05) is 44.7 Å². The second-order valence-corrected chi connectivity index (χ2v) is 10.9. The van der Waals surface area contributed by atoms with E-state index in [1.54, 1.807) is 12.1 Å². The zero-order valence-electron chi connectivity index (χ0n) is 24.2. The van der Waals surface area contributed by atoms with Gasteiger partial charge in [0.2, 0.25) is 23.4 Å². The minimum atomic E-state index is -0.500. The van der Waals surface area contributed by atoms with Crippen LogP contribution < -0.4 is 21.3 Å². The van der Waals surface area contributed by atoms with Crippen LogP contribution in [0.1, 0.15) is 63.9 Å². The van der Waals surface area contributed by atoms with Crippen molar-refractivity contribution in [3.63, 3.8) is 0 Å². The molecule has 5 rings (SSSR count). The Balaban J connectivity index is 1.09. The molecule has 0 bridgehead atoms. The topological polar surface area (TPSA) is 169 Å². The molecule has 0 spiro atoms. The van der Waals surface area contributed by atoms with Crippen molar-refractivity contribution < 1.29 is 13.9 Å². The minimum Gasteiger partial charge on any atom is -0.383 e. The number of nitro groups is 1. The maximum absolute atomic E-state index is 13.6. The van der Waals surface area contributed by atoms with Gasteiger partial charge in [0.15, 0.2) is 5.52 Å². The summed E-state index contributed by atoms with van der Waals surface area (Å²) in [6.07, 6.45) is 8.54. The summed E-state index contributed by atoms with van der Waals surface area (Å²) in [6, 6.07) is 9.80. The smallest absolute Gasteiger partial charge is 0.300 e. The van der Waals surface area contributed by atoms with E-state index >= 15 is 0 Å². The normalized spacial score (nSPS) is 16.6. The van der Waals surface area contributed by atoms with Crippen LogP contribution in [0.15, 0.2) is 41.0 Å². The van der Waals surface area contributed by atoms with Gasteiger partial charge < -0.3 is 21.3 Å². The molecule has 0 saturated heterocycles. The number of hydrogen-bond acceptors (Lipinski definition) is 12. The van der Waals surface area contributed by atoms with Crippen LogP contribution in [0.25, 0.3) is 11.0 Å². The first-order valence-corrected chi connectivity index (χ1v) is 14.8. The zero-order valence-corrected chi connectivity index (χ0v) is 24.2. The predicted molar refractivity (Wildman–Crippen MR) is 163 cm³/mol. The molecular weight excluding hydrogens is 555 g/mol. The monoisotopic (exact) mass is 592 g/mol.